The van der Waals surface area contributed by atoms with Gasteiger partial charge in [0.05, 0.1) is 11.3 Å². The summed E-state index contributed by atoms with van der Waals surface area (Å²) < 4.78 is 23.2. The number of benzene rings is 1. The summed E-state index contributed by atoms with van der Waals surface area (Å²) in [5.74, 6) is -1.66. The second kappa shape index (κ2) is 5.15. The molecule has 2 rings (SSSR count). The molecule has 1 aromatic rings. The largest absolute Gasteiger partial charge is 0.478 e. The van der Waals surface area contributed by atoms with E-state index in [9.17, 15) is 18.0 Å². The lowest BCUT2D eigenvalue weighted by molar-refractivity contribution is -0.117. The minimum atomic E-state index is -3.84. The van der Waals surface area contributed by atoms with E-state index in [0.29, 0.717) is 4.47 Å². The van der Waals surface area contributed by atoms with Gasteiger partial charge in [0.15, 0.2) is 0 Å². The van der Waals surface area contributed by atoms with Crippen molar-refractivity contribution in [1.82, 2.24) is 0 Å². The molecule has 0 aromatic heterocycles. The molecule has 20 heavy (non-hydrogen) atoms. The Balaban J connectivity index is 2.45. The van der Waals surface area contributed by atoms with E-state index in [-0.39, 0.29) is 24.2 Å². The number of anilines is 1. The number of primary sulfonamides is 1. The summed E-state index contributed by atoms with van der Waals surface area (Å²) in [5.41, 5.74) is 0.0830. The van der Waals surface area contributed by atoms with Crippen molar-refractivity contribution >= 4 is 43.5 Å². The number of amides is 1. The van der Waals surface area contributed by atoms with Gasteiger partial charge in [0, 0.05) is 17.4 Å². The summed E-state index contributed by atoms with van der Waals surface area (Å²) in [6.07, 6.45) is -0.246. The van der Waals surface area contributed by atoms with Crippen LogP contribution in [0.2, 0.25) is 0 Å². The zero-order valence-corrected chi connectivity index (χ0v) is 12.5. The number of carbonyl (C=O) groups excluding carboxylic acids is 1. The van der Waals surface area contributed by atoms with Gasteiger partial charge in [-0.05, 0) is 18.2 Å². The molecule has 0 saturated carbocycles. The molecule has 1 saturated heterocycles. The minimum Gasteiger partial charge on any atom is -0.478 e. The predicted octanol–water partition coefficient (Wildman–Crippen LogP) is 0.541. The van der Waals surface area contributed by atoms with Crippen molar-refractivity contribution in [3.05, 3.63) is 28.2 Å². The normalized spacial score (nSPS) is 19.4. The highest BCUT2D eigenvalue weighted by molar-refractivity contribution is 9.10. The molecular weight excluding hydrogens is 352 g/mol. The van der Waals surface area contributed by atoms with E-state index < -0.39 is 27.1 Å². The number of aromatic carboxylic acids is 1. The molecule has 1 atom stereocenters. The lowest BCUT2D eigenvalue weighted by Gasteiger charge is -2.19. The molecule has 3 N–H and O–H groups in total. The Morgan fingerprint density at radius 2 is 2.10 bits per heavy atom. The van der Waals surface area contributed by atoms with Crippen LogP contribution in [0.1, 0.15) is 16.8 Å². The number of halogens is 1. The second-order valence-electron chi connectivity index (χ2n) is 4.39. The first-order valence-electron chi connectivity index (χ1n) is 5.55. The highest BCUT2D eigenvalue weighted by Crippen LogP contribution is 2.30. The standard InChI is InChI=1S/C11H11BrN2O5S/c12-6-1-2-8(11(16)17)9(3-6)14-5-7(4-10(14)15)20(13,18)19/h1-3,7H,4-5H2,(H,16,17)(H2,13,18,19). The highest BCUT2D eigenvalue weighted by atomic mass is 79.9. The fraction of sp³-hybridized carbons (Fsp3) is 0.273. The molecule has 0 spiro atoms. The number of carboxylic acid groups (broad SMARTS) is 1. The van der Waals surface area contributed by atoms with Crippen LogP contribution in [0.25, 0.3) is 0 Å². The first kappa shape index (κ1) is 14.9. The van der Waals surface area contributed by atoms with Crippen LogP contribution in [-0.4, -0.2) is 37.2 Å². The third kappa shape index (κ3) is 2.84. The van der Waals surface area contributed by atoms with Gasteiger partial charge in [-0.1, -0.05) is 15.9 Å². The zero-order valence-electron chi connectivity index (χ0n) is 10.1. The third-order valence-corrected chi connectivity index (χ3v) is 4.77. The Morgan fingerprint density at radius 3 is 2.60 bits per heavy atom. The molecule has 1 amide bonds. The van der Waals surface area contributed by atoms with Gasteiger partial charge < -0.3 is 10.0 Å². The van der Waals surface area contributed by atoms with E-state index in [1.54, 1.807) is 0 Å². The summed E-state index contributed by atoms with van der Waals surface area (Å²) in [6.45, 7) is -0.144. The van der Waals surface area contributed by atoms with E-state index in [1.165, 1.54) is 18.2 Å². The highest BCUT2D eigenvalue weighted by Gasteiger charge is 2.38. The van der Waals surface area contributed by atoms with Gasteiger partial charge in [0.1, 0.15) is 5.25 Å². The molecule has 1 fully saturated rings. The van der Waals surface area contributed by atoms with Crippen molar-refractivity contribution < 1.29 is 23.1 Å². The van der Waals surface area contributed by atoms with E-state index in [2.05, 4.69) is 15.9 Å². The summed E-state index contributed by atoms with van der Waals surface area (Å²) in [4.78, 5) is 24.2. The molecule has 0 bridgehead atoms. The van der Waals surface area contributed by atoms with Crippen molar-refractivity contribution in [3.63, 3.8) is 0 Å². The fourth-order valence-electron chi connectivity index (χ4n) is 2.04. The SMILES string of the molecule is NS(=O)(=O)C1CC(=O)N(c2cc(Br)ccc2C(=O)O)C1. The molecule has 7 nitrogen and oxygen atoms in total. The predicted molar refractivity (Wildman–Crippen MR) is 75.0 cm³/mol. The van der Waals surface area contributed by atoms with Gasteiger partial charge in [-0.3, -0.25) is 4.79 Å². The van der Waals surface area contributed by atoms with Crippen molar-refractivity contribution in [2.45, 2.75) is 11.7 Å². The van der Waals surface area contributed by atoms with E-state index >= 15 is 0 Å². The smallest absolute Gasteiger partial charge is 0.337 e. The molecule has 9 heteroatoms. The Kier molecular flexibility index (Phi) is 3.85. The van der Waals surface area contributed by atoms with Crippen molar-refractivity contribution in [1.29, 1.82) is 0 Å². The van der Waals surface area contributed by atoms with Crippen LogP contribution < -0.4 is 10.0 Å². The number of rotatable bonds is 3. The Labute approximate surface area is 123 Å². The molecular formula is C11H11BrN2O5S. The molecule has 0 aliphatic carbocycles. The Hall–Kier alpha value is -1.45. The van der Waals surface area contributed by atoms with Crippen molar-refractivity contribution in [2.24, 2.45) is 5.14 Å². The number of hydrogen-bond donors (Lipinski definition) is 2. The summed E-state index contributed by atoms with van der Waals surface area (Å²) >= 11 is 3.19. The maximum Gasteiger partial charge on any atom is 0.337 e. The monoisotopic (exact) mass is 362 g/mol. The maximum absolute atomic E-state index is 11.9. The Morgan fingerprint density at radius 1 is 1.45 bits per heavy atom. The van der Waals surface area contributed by atoms with Gasteiger partial charge in [0.25, 0.3) is 0 Å². The minimum absolute atomic E-state index is 0.0726. The second-order valence-corrected chi connectivity index (χ2v) is 7.15. The van der Waals surface area contributed by atoms with Crippen LogP contribution in [-0.2, 0) is 14.8 Å². The van der Waals surface area contributed by atoms with E-state index in [4.69, 9.17) is 10.2 Å². The quantitative estimate of drug-likeness (QED) is 0.813. The van der Waals surface area contributed by atoms with Crippen LogP contribution in [0.15, 0.2) is 22.7 Å². The summed E-state index contributed by atoms with van der Waals surface area (Å²) in [7, 11) is -3.84. The van der Waals surface area contributed by atoms with Crippen molar-refractivity contribution in [3.8, 4) is 0 Å². The maximum atomic E-state index is 11.9. The Bertz CT molecular complexity index is 688. The van der Waals surface area contributed by atoms with Crippen LogP contribution >= 0.6 is 15.9 Å². The van der Waals surface area contributed by atoms with Crippen LogP contribution in [0.5, 0.6) is 0 Å². The molecule has 1 aliphatic rings. The number of nitrogens with two attached hydrogens (primary N) is 1. The molecule has 1 heterocycles. The lowest BCUT2D eigenvalue weighted by Crippen LogP contribution is -2.32. The van der Waals surface area contributed by atoms with Crippen LogP contribution in [0.4, 0.5) is 5.69 Å². The molecule has 1 aromatic carbocycles. The lowest BCUT2D eigenvalue weighted by atomic mass is 10.1. The van der Waals surface area contributed by atoms with Gasteiger partial charge >= 0.3 is 5.97 Å². The molecule has 1 unspecified atom stereocenters. The van der Waals surface area contributed by atoms with Gasteiger partial charge in [-0.2, -0.15) is 0 Å². The number of carboxylic acids is 1. The van der Waals surface area contributed by atoms with Gasteiger partial charge in [-0.15, -0.1) is 0 Å². The average molecular weight is 363 g/mol. The molecule has 1 aliphatic heterocycles. The third-order valence-electron chi connectivity index (χ3n) is 3.04. The summed E-state index contributed by atoms with van der Waals surface area (Å²) in [6, 6.07) is 4.34. The first-order valence-corrected chi connectivity index (χ1v) is 7.95. The van der Waals surface area contributed by atoms with Crippen molar-refractivity contribution in [2.75, 3.05) is 11.4 Å². The molecule has 108 valence electrons. The number of nitrogens with zero attached hydrogens (tertiary/aromatic N) is 1. The molecule has 0 radical (unpaired) electrons. The van der Waals surface area contributed by atoms with Crippen LogP contribution in [0.3, 0.4) is 0 Å². The first-order chi connectivity index (χ1) is 9.20. The van der Waals surface area contributed by atoms with Gasteiger partial charge in [0.2, 0.25) is 15.9 Å². The number of hydrogen-bond acceptors (Lipinski definition) is 4. The topological polar surface area (TPSA) is 118 Å². The number of carbonyl (C=O) groups is 2. The average Bonchev–Trinajstić information content (AvgIpc) is 2.70. The fourth-order valence-corrected chi connectivity index (χ4v) is 3.12. The zero-order chi connectivity index (χ0) is 15.1. The summed E-state index contributed by atoms with van der Waals surface area (Å²) in [5, 5.41) is 13.2. The number of sulfonamides is 1. The van der Waals surface area contributed by atoms with E-state index in [1.807, 2.05) is 0 Å². The van der Waals surface area contributed by atoms with Crippen LogP contribution in [0, 0.1) is 0 Å². The van der Waals surface area contributed by atoms with Gasteiger partial charge in [-0.25, -0.2) is 18.4 Å². The van der Waals surface area contributed by atoms with E-state index in [0.717, 1.165) is 4.90 Å².